The van der Waals surface area contributed by atoms with E-state index in [2.05, 4.69) is 39.0 Å². The molecular weight excluding hydrogens is 232 g/mol. The van der Waals surface area contributed by atoms with E-state index in [1.807, 2.05) is 6.07 Å². The summed E-state index contributed by atoms with van der Waals surface area (Å²) in [7, 11) is 0. The number of rotatable bonds is 5. The van der Waals surface area contributed by atoms with Crippen LogP contribution in [0, 0.1) is 0 Å². The quantitative estimate of drug-likeness (QED) is 0.850. The lowest BCUT2D eigenvalue weighted by Gasteiger charge is -2.13. The van der Waals surface area contributed by atoms with Crippen LogP contribution in [0.1, 0.15) is 18.2 Å². The first kappa shape index (κ1) is 12.0. The topological polar surface area (TPSA) is 63.8 Å². The Balaban J connectivity index is 1.95. The number of thiophene rings is 1. The smallest absolute Gasteiger partial charge is 0.129 e. The lowest BCUT2D eigenvalue weighted by atomic mass is 10.1. The van der Waals surface area contributed by atoms with Gasteiger partial charge >= 0.3 is 0 Å². The molecule has 2 rings (SSSR count). The molecule has 5 heteroatoms. The van der Waals surface area contributed by atoms with Gasteiger partial charge in [-0.05, 0) is 35.7 Å². The summed E-state index contributed by atoms with van der Waals surface area (Å²) in [6, 6.07) is 4.38. The van der Waals surface area contributed by atoms with Crippen molar-refractivity contribution in [2.24, 2.45) is 5.73 Å². The van der Waals surface area contributed by atoms with Crippen LogP contribution in [0.2, 0.25) is 0 Å². The van der Waals surface area contributed by atoms with Gasteiger partial charge in [0.2, 0.25) is 0 Å². The number of nitrogens with one attached hydrogen (secondary N) is 1. The van der Waals surface area contributed by atoms with Gasteiger partial charge in [-0.1, -0.05) is 0 Å². The molecule has 0 saturated heterocycles. The highest BCUT2D eigenvalue weighted by molar-refractivity contribution is 7.07. The first-order valence-electron chi connectivity index (χ1n) is 5.56. The van der Waals surface area contributed by atoms with Crippen LogP contribution in [0.4, 0.5) is 5.82 Å². The van der Waals surface area contributed by atoms with Crippen LogP contribution in [-0.4, -0.2) is 16.0 Å². The van der Waals surface area contributed by atoms with Crippen LogP contribution in [0.25, 0.3) is 0 Å². The minimum absolute atomic E-state index is 0.338. The minimum atomic E-state index is 0.338. The molecule has 0 aliphatic rings. The summed E-state index contributed by atoms with van der Waals surface area (Å²) in [5.74, 6) is 0.836. The maximum Gasteiger partial charge on any atom is 0.129 e. The summed E-state index contributed by atoms with van der Waals surface area (Å²) in [5, 5.41) is 7.62. The average Bonchev–Trinajstić information content (AvgIpc) is 2.82. The standard InChI is InChI=1S/C12H16N4S/c1-9(4-10-2-3-17-7-10)16-12-5-11(6-13)14-8-15-12/h2-3,5,7-9H,4,6,13H2,1H3,(H,14,15,16)/t9-/m1/s1. The minimum Gasteiger partial charge on any atom is -0.367 e. The van der Waals surface area contributed by atoms with E-state index in [4.69, 9.17) is 5.73 Å². The third kappa shape index (κ3) is 3.51. The van der Waals surface area contributed by atoms with E-state index in [1.165, 1.54) is 5.56 Å². The van der Waals surface area contributed by atoms with Crippen LogP contribution in [0.3, 0.4) is 0 Å². The molecule has 0 aliphatic heterocycles. The molecule has 0 fully saturated rings. The summed E-state index contributed by atoms with van der Waals surface area (Å²) in [6.07, 6.45) is 2.54. The molecular formula is C12H16N4S. The fourth-order valence-corrected chi connectivity index (χ4v) is 2.34. The van der Waals surface area contributed by atoms with Crippen molar-refractivity contribution in [3.8, 4) is 0 Å². The summed E-state index contributed by atoms with van der Waals surface area (Å²) in [5.41, 5.74) is 7.74. The number of anilines is 1. The van der Waals surface area contributed by atoms with Crippen LogP contribution < -0.4 is 11.1 Å². The second-order valence-electron chi connectivity index (χ2n) is 3.98. The molecule has 1 atom stereocenters. The number of hydrogen-bond donors (Lipinski definition) is 2. The molecule has 2 aromatic heterocycles. The highest BCUT2D eigenvalue weighted by Gasteiger charge is 2.05. The first-order chi connectivity index (χ1) is 8.28. The third-order valence-electron chi connectivity index (χ3n) is 2.45. The second-order valence-corrected chi connectivity index (χ2v) is 4.76. The zero-order valence-corrected chi connectivity index (χ0v) is 10.6. The Morgan fingerprint density at radius 2 is 2.35 bits per heavy atom. The van der Waals surface area contributed by atoms with Crippen molar-refractivity contribution < 1.29 is 0 Å². The molecule has 4 nitrogen and oxygen atoms in total. The van der Waals surface area contributed by atoms with Gasteiger partial charge in [0, 0.05) is 18.7 Å². The predicted octanol–water partition coefficient (Wildman–Crippen LogP) is 2.04. The molecule has 0 aliphatic carbocycles. The lowest BCUT2D eigenvalue weighted by molar-refractivity contribution is 0.784. The van der Waals surface area contributed by atoms with E-state index in [1.54, 1.807) is 17.7 Å². The number of aromatic nitrogens is 2. The molecule has 3 N–H and O–H groups in total. The summed E-state index contributed by atoms with van der Waals surface area (Å²) >= 11 is 1.72. The van der Waals surface area contributed by atoms with E-state index < -0.39 is 0 Å². The summed E-state index contributed by atoms with van der Waals surface area (Å²) in [4.78, 5) is 8.25. The van der Waals surface area contributed by atoms with E-state index in [0.717, 1.165) is 17.9 Å². The van der Waals surface area contributed by atoms with Gasteiger partial charge in [-0.3, -0.25) is 0 Å². The fourth-order valence-electron chi connectivity index (χ4n) is 1.65. The van der Waals surface area contributed by atoms with Crippen LogP contribution in [-0.2, 0) is 13.0 Å². The fraction of sp³-hybridized carbons (Fsp3) is 0.333. The molecule has 2 aromatic rings. The van der Waals surface area contributed by atoms with Gasteiger partial charge in [0.05, 0.1) is 5.69 Å². The van der Waals surface area contributed by atoms with Crippen LogP contribution in [0.15, 0.2) is 29.2 Å². The Morgan fingerprint density at radius 1 is 1.47 bits per heavy atom. The predicted molar refractivity (Wildman–Crippen MR) is 71.0 cm³/mol. The zero-order valence-electron chi connectivity index (χ0n) is 9.76. The van der Waals surface area contributed by atoms with Gasteiger partial charge in [0.15, 0.2) is 0 Å². The normalized spacial score (nSPS) is 12.4. The van der Waals surface area contributed by atoms with Crippen molar-refractivity contribution in [3.05, 3.63) is 40.5 Å². The highest BCUT2D eigenvalue weighted by Crippen LogP contribution is 2.12. The Bertz CT molecular complexity index is 455. The molecule has 0 amide bonds. The van der Waals surface area contributed by atoms with E-state index >= 15 is 0 Å². The van der Waals surface area contributed by atoms with Crippen LogP contribution in [0.5, 0.6) is 0 Å². The van der Waals surface area contributed by atoms with E-state index in [9.17, 15) is 0 Å². The van der Waals surface area contributed by atoms with Gasteiger partial charge in [0.1, 0.15) is 12.1 Å². The Labute approximate surface area is 105 Å². The lowest BCUT2D eigenvalue weighted by Crippen LogP contribution is -2.19. The van der Waals surface area contributed by atoms with Crippen molar-refractivity contribution >= 4 is 17.2 Å². The molecule has 0 aromatic carbocycles. The number of nitrogens with two attached hydrogens (primary N) is 1. The Kier molecular flexibility index (Phi) is 4.06. The monoisotopic (exact) mass is 248 g/mol. The van der Waals surface area contributed by atoms with Crippen molar-refractivity contribution in [2.45, 2.75) is 25.9 Å². The van der Waals surface area contributed by atoms with Crippen molar-refractivity contribution in [3.63, 3.8) is 0 Å². The molecule has 90 valence electrons. The largest absolute Gasteiger partial charge is 0.367 e. The molecule has 0 unspecified atom stereocenters. The van der Waals surface area contributed by atoms with Gasteiger partial charge in [-0.2, -0.15) is 11.3 Å². The molecule has 0 saturated carbocycles. The maximum absolute atomic E-state index is 5.54. The number of nitrogens with zero attached hydrogens (tertiary/aromatic N) is 2. The zero-order chi connectivity index (χ0) is 12.1. The van der Waals surface area contributed by atoms with E-state index in [0.29, 0.717) is 12.6 Å². The summed E-state index contributed by atoms with van der Waals surface area (Å²) < 4.78 is 0. The van der Waals surface area contributed by atoms with Crippen molar-refractivity contribution in [2.75, 3.05) is 5.32 Å². The first-order valence-corrected chi connectivity index (χ1v) is 6.51. The average molecular weight is 248 g/mol. The third-order valence-corrected chi connectivity index (χ3v) is 3.18. The van der Waals surface area contributed by atoms with E-state index in [-0.39, 0.29) is 0 Å². The van der Waals surface area contributed by atoms with Crippen molar-refractivity contribution in [1.29, 1.82) is 0 Å². The van der Waals surface area contributed by atoms with Crippen molar-refractivity contribution in [1.82, 2.24) is 9.97 Å². The van der Waals surface area contributed by atoms with Gasteiger partial charge in [-0.25, -0.2) is 9.97 Å². The Hall–Kier alpha value is -1.46. The highest BCUT2D eigenvalue weighted by atomic mass is 32.1. The van der Waals surface area contributed by atoms with Gasteiger partial charge in [-0.15, -0.1) is 0 Å². The molecule has 0 bridgehead atoms. The van der Waals surface area contributed by atoms with Crippen LogP contribution >= 0.6 is 11.3 Å². The summed E-state index contributed by atoms with van der Waals surface area (Å²) in [6.45, 7) is 2.58. The molecule has 2 heterocycles. The molecule has 0 spiro atoms. The molecule has 17 heavy (non-hydrogen) atoms. The SMILES string of the molecule is C[C@H](Cc1ccsc1)Nc1cc(CN)ncn1. The maximum atomic E-state index is 5.54. The number of hydrogen-bond acceptors (Lipinski definition) is 5. The Morgan fingerprint density at radius 3 is 3.06 bits per heavy atom. The van der Waals surface area contributed by atoms with Gasteiger partial charge < -0.3 is 11.1 Å². The van der Waals surface area contributed by atoms with Gasteiger partial charge in [0.25, 0.3) is 0 Å². The second kappa shape index (κ2) is 5.75. The molecule has 0 radical (unpaired) electrons.